The van der Waals surface area contributed by atoms with E-state index >= 15 is 35.1 Å². The Hall–Kier alpha value is -12.2. The molecule has 14 heteroatoms. The molecule has 456 valence electrons. The molecule has 0 saturated heterocycles. The van der Waals surface area contributed by atoms with Crippen LogP contribution in [-0.2, 0) is 6.18 Å². The lowest BCUT2D eigenvalue weighted by atomic mass is 9.95. The van der Waals surface area contributed by atoms with Crippen molar-refractivity contribution in [3.05, 3.63) is 314 Å². The fourth-order valence-electron chi connectivity index (χ4n) is 13.0. The topological polar surface area (TPSA) is 61.4 Å². The van der Waals surface area contributed by atoms with Crippen LogP contribution in [-0.4, -0.2) is 29.1 Å². The van der Waals surface area contributed by atoms with Gasteiger partial charge < -0.3 is 9.13 Å². The minimum atomic E-state index is -5.48. The zero-order valence-electron chi connectivity index (χ0n) is 49.8. The van der Waals surface area contributed by atoms with E-state index < -0.39 is 63.3 Å². The van der Waals surface area contributed by atoms with E-state index in [4.69, 9.17) is 19.9 Å². The summed E-state index contributed by atoms with van der Waals surface area (Å²) in [6.45, 7) is 0. The summed E-state index contributed by atoms with van der Waals surface area (Å²) >= 11 is 0. The van der Waals surface area contributed by atoms with Crippen molar-refractivity contribution in [3.63, 3.8) is 0 Å². The molecule has 0 bridgehead atoms. The minimum absolute atomic E-state index is 0.0943. The minimum Gasteiger partial charge on any atom is -0.309 e. The SMILES string of the molecule is Fc1c(F)c(F)c(-c2ccc(-n3c4cc(-c5ccc(-c6ccccc6)nc5)ccc4c4ccc(-c5ccc(-c6ccccc6)nc5)cc43)c(C(F)(F)F)c2-n2c3cc(-c4ccc(-c5ccccc5)nc4)ccc3c3ccc(-c4ccc(-c5ccccc5)nc4)cc32)c(F)c1F. The molecular formula is C81H46F8N6. The summed E-state index contributed by atoms with van der Waals surface area (Å²) in [6.07, 6.45) is 1.16. The maximum atomic E-state index is 17.8. The molecule has 0 atom stereocenters. The molecule has 10 aromatic carbocycles. The number of hydrogen-bond donors (Lipinski definition) is 0. The van der Waals surface area contributed by atoms with Crippen molar-refractivity contribution in [2.75, 3.05) is 0 Å². The first kappa shape index (κ1) is 58.0. The average molecular weight is 1260 g/mol. The Labute approximate surface area is 537 Å². The van der Waals surface area contributed by atoms with Gasteiger partial charge in [0, 0.05) is 96.4 Å². The lowest BCUT2D eigenvalue weighted by Crippen LogP contribution is -2.17. The first-order valence-corrected chi connectivity index (χ1v) is 30.3. The van der Waals surface area contributed by atoms with Crippen LogP contribution in [0.3, 0.4) is 0 Å². The number of nitrogens with zero attached hydrogens (tertiary/aromatic N) is 6. The fourth-order valence-corrected chi connectivity index (χ4v) is 13.0. The Bertz CT molecular complexity index is 5340. The molecule has 0 aliphatic rings. The summed E-state index contributed by atoms with van der Waals surface area (Å²) in [5, 5.41) is 1.86. The van der Waals surface area contributed by atoms with Crippen molar-refractivity contribution >= 4 is 43.6 Å². The molecule has 0 spiro atoms. The summed E-state index contributed by atoms with van der Waals surface area (Å²) < 4.78 is 138. The van der Waals surface area contributed by atoms with Gasteiger partial charge in [0.25, 0.3) is 0 Å². The number of halogens is 8. The maximum Gasteiger partial charge on any atom is 0.420 e. The molecular weight excluding hydrogens is 1210 g/mol. The Kier molecular flexibility index (Phi) is 14.2. The third-order valence-electron chi connectivity index (χ3n) is 17.6. The molecule has 0 saturated carbocycles. The summed E-state index contributed by atoms with van der Waals surface area (Å²) in [4.78, 5) is 19.1. The smallest absolute Gasteiger partial charge is 0.309 e. The van der Waals surface area contributed by atoms with Gasteiger partial charge in [-0.2, -0.15) is 13.2 Å². The van der Waals surface area contributed by atoms with Crippen LogP contribution >= 0.6 is 0 Å². The summed E-state index contributed by atoms with van der Waals surface area (Å²) in [7, 11) is 0. The van der Waals surface area contributed by atoms with E-state index in [0.717, 1.165) is 34.4 Å². The second-order valence-electron chi connectivity index (χ2n) is 23.1. The van der Waals surface area contributed by atoms with Gasteiger partial charge in [-0.1, -0.05) is 194 Å². The third-order valence-corrected chi connectivity index (χ3v) is 17.6. The van der Waals surface area contributed by atoms with Gasteiger partial charge in [-0.3, -0.25) is 19.9 Å². The lowest BCUT2D eigenvalue weighted by Gasteiger charge is -2.25. The molecule has 0 radical (unpaired) electrons. The first-order valence-electron chi connectivity index (χ1n) is 30.3. The van der Waals surface area contributed by atoms with E-state index in [-0.39, 0.29) is 22.1 Å². The summed E-state index contributed by atoms with van der Waals surface area (Å²) in [5.74, 6) is -11.8. The Morgan fingerprint density at radius 2 is 0.547 bits per heavy atom. The number of rotatable bonds is 11. The van der Waals surface area contributed by atoms with Gasteiger partial charge in [0.15, 0.2) is 23.3 Å². The van der Waals surface area contributed by atoms with Gasteiger partial charge in [0.2, 0.25) is 5.82 Å². The molecule has 0 unspecified atom stereocenters. The van der Waals surface area contributed by atoms with Crippen molar-refractivity contribution in [1.82, 2.24) is 29.1 Å². The number of aromatic nitrogens is 6. The third kappa shape index (κ3) is 10.1. The number of hydrogen-bond acceptors (Lipinski definition) is 4. The highest BCUT2D eigenvalue weighted by atomic mass is 19.4. The van der Waals surface area contributed by atoms with Crippen LogP contribution in [0.15, 0.2) is 280 Å². The van der Waals surface area contributed by atoms with Crippen molar-refractivity contribution in [2.24, 2.45) is 0 Å². The Balaban J connectivity index is 1.01. The zero-order valence-corrected chi connectivity index (χ0v) is 49.8. The zero-order chi connectivity index (χ0) is 64.6. The Morgan fingerprint density at radius 3 is 0.832 bits per heavy atom. The maximum absolute atomic E-state index is 17.8. The van der Waals surface area contributed by atoms with Crippen molar-refractivity contribution in [1.29, 1.82) is 0 Å². The molecule has 95 heavy (non-hydrogen) atoms. The highest BCUT2D eigenvalue weighted by Gasteiger charge is 2.42. The monoisotopic (exact) mass is 1250 g/mol. The van der Waals surface area contributed by atoms with Crippen LogP contribution < -0.4 is 0 Å². The fraction of sp³-hybridized carbons (Fsp3) is 0.0123. The van der Waals surface area contributed by atoms with Crippen LogP contribution in [0.4, 0.5) is 35.1 Å². The molecule has 16 rings (SSSR count). The number of benzene rings is 10. The summed E-state index contributed by atoms with van der Waals surface area (Å²) in [6, 6.07) is 76.0. The van der Waals surface area contributed by atoms with Gasteiger partial charge >= 0.3 is 6.18 Å². The van der Waals surface area contributed by atoms with Crippen molar-refractivity contribution in [2.45, 2.75) is 6.18 Å². The number of alkyl halides is 3. The van der Waals surface area contributed by atoms with Gasteiger partial charge in [-0.25, -0.2) is 22.0 Å². The quantitative estimate of drug-likeness (QED) is 0.0735. The molecule has 0 aliphatic heterocycles. The second-order valence-corrected chi connectivity index (χ2v) is 23.1. The first-order chi connectivity index (χ1) is 46.3. The Morgan fingerprint density at radius 1 is 0.263 bits per heavy atom. The van der Waals surface area contributed by atoms with Gasteiger partial charge in [0.1, 0.15) is 5.56 Å². The van der Waals surface area contributed by atoms with E-state index in [1.54, 1.807) is 73.3 Å². The van der Waals surface area contributed by atoms with Crippen LogP contribution in [0.2, 0.25) is 0 Å². The molecule has 0 N–H and O–H groups in total. The van der Waals surface area contributed by atoms with Crippen molar-refractivity contribution < 1.29 is 35.1 Å². The predicted octanol–water partition coefficient (Wildman–Crippen LogP) is 22.2. The molecule has 0 amide bonds. The standard InChI is InChI=1S/C81H46F8N6/c82-75-73(76(83)78(85)79(86)77(75)84)63-33-38-68(94-69-39-51(55-25-34-64(90-43-55)47-13-5-1-6-14-47)21-29-59(69)60-30-22-52(40-70(60)94)56-26-35-65(91-44-56)48-15-7-2-8-16-48)74(81(87,88)89)80(63)95-71-41-53(57-27-36-66(92-45-57)49-17-9-3-10-18-49)23-31-61(71)62-32-24-54(42-72(62)95)58-28-37-67(93-46-58)50-19-11-4-12-20-50/h1-46H. The van der Waals surface area contributed by atoms with Gasteiger partial charge in [0.05, 0.1) is 61.8 Å². The van der Waals surface area contributed by atoms with Crippen LogP contribution in [0.5, 0.6) is 0 Å². The van der Waals surface area contributed by atoms with E-state index in [0.29, 0.717) is 88.8 Å². The molecule has 6 heterocycles. The van der Waals surface area contributed by atoms with E-state index in [1.165, 1.54) is 9.13 Å². The van der Waals surface area contributed by atoms with Gasteiger partial charge in [-0.05, 0) is 82.9 Å². The molecule has 0 aliphatic carbocycles. The highest BCUT2D eigenvalue weighted by Crippen LogP contribution is 2.50. The van der Waals surface area contributed by atoms with Crippen LogP contribution in [0.25, 0.3) is 156 Å². The second kappa shape index (κ2) is 23.2. The average Bonchev–Trinajstić information content (AvgIpc) is 1.61. The molecule has 16 aromatic rings. The van der Waals surface area contributed by atoms with Crippen LogP contribution in [0.1, 0.15) is 5.56 Å². The normalized spacial score (nSPS) is 11.8. The predicted molar refractivity (Wildman–Crippen MR) is 360 cm³/mol. The van der Waals surface area contributed by atoms with E-state index in [9.17, 15) is 0 Å². The highest BCUT2D eigenvalue weighted by molar-refractivity contribution is 6.14. The largest absolute Gasteiger partial charge is 0.420 e. The van der Waals surface area contributed by atoms with Gasteiger partial charge in [-0.15, -0.1) is 0 Å². The summed E-state index contributed by atoms with van der Waals surface area (Å²) in [5.41, 5.74) is 5.98. The number of pyridine rings is 4. The van der Waals surface area contributed by atoms with Crippen LogP contribution in [0, 0.1) is 29.1 Å². The lowest BCUT2D eigenvalue weighted by molar-refractivity contribution is -0.137. The molecule has 0 fully saturated rings. The molecule has 6 nitrogen and oxygen atoms in total. The number of fused-ring (bicyclic) bond motifs is 6. The van der Waals surface area contributed by atoms with Crippen molar-refractivity contribution in [3.8, 4) is 112 Å². The van der Waals surface area contributed by atoms with E-state index in [1.807, 2.05) is 194 Å². The van der Waals surface area contributed by atoms with E-state index in [2.05, 4.69) is 0 Å². The molecule has 6 aromatic heterocycles.